The molecule has 0 amide bonds. The van der Waals surface area contributed by atoms with Crippen molar-refractivity contribution in [2.24, 2.45) is 0 Å². The lowest BCUT2D eigenvalue weighted by molar-refractivity contribution is -0.384. The number of nitrogens with zero attached hydrogens (tertiary/aromatic N) is 1. The summed E-state index contributed by atoms with van der Waals surface area (Å²) >= 11 is 0. The highest BCUT2D eigenvalue weighted by atomic mass is 31.2. The summed E-state index contributed by atoms with van der Waals surface area (Å²) in [6.07, 6.45) is 0. The normalized spacial score (nSPS) is 12.7. The summed E-state index contributed by atoms with van der Waals surface area (Å²) in [7, 11) is -1.47. The Bertz CT molecular complexity index is 549. The lowest BCUT2D eigenvalue weighted by Crippen LogP contribution is -2.18. The number of nitro benzene ring substituents is 1. The molecule has 1 atom stereocenters. The number of carbonyl (C=O) groups excluding carboxylic acids is 1. The second-order valence-corrected chi connectivity index (χ2v) is 6.23. The van der Waals surface area contributed by atoms with Crippen LogP contribution in [0.15, 0.2) is 24.3 Å². The molecule has 0 aliphatic heterocycles. The van der Waals surface area contributed by atoms with Crippen LogP contribution in [0.5, 0.6) is 0 Å². The number of carbonyl (C=O) groups is 1. The summed E-state index contributed by atoms with van der Waals surface area (Å²) in [4.78, 5) is 22.1. The summed E-state index contributed by atoms with van der Waals surface area (Å²) in [5, 5.41) is 10.6. The number of rotatable bonds is 7. The molecule has 0 fully saturated rings. The molecule has 116 valence electrons. The Balaban J connectivity index is 3.26. The van der Waals surface area contributed by atoms with E-state index in [1.165, 1.54) is 24.3 Å². The van der Waals surface area contributed by atoms with E-state index in [4.69, 9.17) is 13.8 Å². The molecule has 0 saturated carbocycles. The zero-order valence-corrected chi connectivity index (χ0v) is 12.7. The maximum atomic E-state index is 12.5. The number of nitro groups is 1. The van der Waals surface area contributed by atoms with Crippen molar-refractivity contribution in [3.8, 4) is 0 Å². The van der Waals surface area contributed by atoms with Crippen molar-refractivity contribution in [1.82, 2.24) is 0 Å². The molecule has 1 aromatic rings. The van der Waals surface area contributed by atoms with E-state index >= 15 is 0 Å². The van der Waals surface area contributed by atoms with Gasteiger partial charge in [-0.1, -0.05) is 12.1 Å². The lowest BCUT2D eigenvalue weighted by Gasteiger charge is -2.22. The SMILES string of the molecule is CCOC(=O)[C@H](c1ccc([N+](=O)[O-])cc1)P(=O)(OC)OC. The zero-order chi connectivity index (χ0) is 16.0. The maximum Gasteiger partial charge on any atom is 0.348 e. The Morgan fingerprint density at radius 1 is 1.29 bits per heavy atom. The van der Waals surface area contributed by atoms with Crippen molar-refractivity contribution < 1.29 is 28.1 Å². The largest absolute Gasteiger partial charge is 0.465 e. The second kappa shape index (κ2) is 7.31. The summed E-state index contributed by atoms with van der Waals surface area (Å²) in [5.74, 6) is -0.779. The second-order valence-electron chi connectivity index (χ2n) is 3.91. The fourth-order valence-corrected chi connectivity index (χ4v) is 3.17. The first kappa shape index (κ1) is 17.3. The predicted molar refractivity (Wildman–Crippen MR) is 74.1 cm³/mol. The monoisotopic (exact) mass is 317 g/mol. The fraction of sp³-hybridized carbons (Fsp3) is 0.417. The molecule has 0 aliphatic rings. The topological polar surface area (TPSA) is 105 Å². The number of hydrogen-bond acceptors (Lipinski definition) is 7. The van der Waals surface area contributed by atoms with E-state index in [0.717, 1.165) is 14.2 Å². The molecule has 0 N–H and O–H groups in total. The van der Waals surface area contributed by atoms with Crippen LogP contribution < -0.4 is 0 Å². The molecule has 0 aliphatic carbocycles. The molecule has 8 nitrogen and oxygen atoms in total. The molecule has 0 saturated heterocycles. The van der Waals surface area contributed by atoms with Crippen LogP contribution in [-0.4, -0.2) is 31.7 Å². The van der Waals surface area contributed by atoms with Crippen LogP contribution in [-0.2, 0) is 23.1 Å². The number of benzene rings is 1. The van der Waals surface area contributed by atoms with Crippen LogP contribution >= 0.6 is 7.60 Å². The molecule has 0 aromatic heterocycles. The quantitative estimate of drug-likeness (QED) is 0.329. The highest BCUT2D eigenvalue weighted by Gasteiger charge is 2.42. The van der Waals surface area contributed by atoms with Gasteiger partial charge in [0.2, 0.25) is 0 Å². The summed E-state index contributed by atoms with van der Waals surface area (Å²) in [6, 6.07) is 5.06. The van der Waals surface area contributed by atoms with Crippen LogP contribution in [0.4, 0.5) is 5.69 Å². The molecule has 0 radical (unpaired) electrons. The van der Waals surface area contributed by atoms with E-state index in [-0.39, 0.29) is 17.9 Å². The molecule has 0 bridgehead atoms. The molecular formula is C12H16NO7P. The number of hydrogen-bond donors (Lipinski definition) is 0. The van der Waals surface area contributed by atoms with E-state index in [0.29, 0.717) is 0 Å². The van der Waals surface area contributed by atoms with Gasteiger partial charge in [0.1, 0.15) is 0 Å². The van der Waals surface area contributed by atoms with Gasteiger partial charge >= 0.3 is 13.6 Å². The van der Waals surface area contributed by atoms with Crippen LogP contribution in [0.3, 0.4) is 0 Å². The Kier molecular flexibility index (Phi) is 6.02. The van der Waals surface area contributed by atoms with Gasteiger partial charge in [0.25, 0.3) is 5.69 Å². The van der Waals surface area contributed by atoms with E-state index < -0.39 is 24.1 Å². The van der Waals surface area contributed by atoms with E-state index in [9.17, 15) is 19.5 Å². The summed E-state index contributed by atoms with van der Waals surface area (Å²) < 4.78 is 27.1. The summed E-state index contributed by atoms with van der Waals surface area (Å²) in [5.41, 5.74) is -1.19. The van der Waals surface area contributed by atoms with Gasteiger partial charge in [-0.3, -0.25) is 19.5 Å². The van der Waals surface area contributed by atoms with Gasteiger partial charge in [-0.2, -0.15) is 0 Å². The van der Waals surface area contributed by atoms with Crippen molar-refractivity contribution in [2.45, 2.75) is 12.6 Å². The van der Waals surface area contributed by atoms with Crippen molar-refractivity contribution in [3.05, 3.63) is 39.9 Å². The van der Waals surface area contributed by atoms with Crippen molar-refractivity contribution in [1.29, 1.82) is 0 Å². The van der Waals surface area contributed by atoms with Crippen molar-refractivity contribution in [2.75, 3.05) is 20.8 Å². The minimum atomic E-state index is -3.78. The first-order valence-corrected chi connectivity index (χ1v) is 7.63. The number of ether oxygens (including phenoxy) is 1. The third-order valence-corrected chi connectivity index (χ3v) is 4.91. The van der Waals surface area contributed by atoms with Gasteiger partial charge in [-0.25, -0.2) is 0 Å². The molecule has 21 heavy (non-hydrogen) atoms. The molecule has 0 unspecified atom stereocenters. The number of non-ortho nitro benzene ring substituents is 1. The molecule has 0 heterocycles. The zero-order valence-electron chi connectivity index (χ0n) is 11.8. The van der Waals surface area contributed by atoms with Crippen LogP contribution in [0.1, 0.15) is 18.1 Å². The highest BCUT2D eigenvalue weighted by Crippen LogP contribution is 2.60. The predicted octanol–water partition coefficient (Wildman–Crippen LogP) is 2.68. The Morgan fingerprint density at radius 2 is 1.81 bits per heavy atom. The van der Waals surface area contributed by atoms with Gasteiger partial charge in [-0.15, -0.1) is 0 Å². The minimum absolute atomic E-state index is 0.0930. The molecule has 1 rings (SSSR count). The van der Waals surface area contributed by atoms with Gasteiger partial charge in [0.15, 0.2) is 5.66 Å². The number of esters is 1. The van der Waals surface area contributed by atoms with Gasteiger partial charge < -0.3 is 13.8 Å². The molecule has 1 aromatic carbocycles. The average molecular weight is 317 g/mol. The van der Waals surface area contributed by atoms with E-state index in [1.54, 1.807) is 6.92 Å². The third-order valence-electron chi connectivity index (χ3n) is 2.75. The standard InChI is InChI=1S/C12H16NO7P/c1-4-20-12(14)11(21(17,18-2)19-3)9-5-7-10(8-6-9)13(15)16/h5-8,11H,4H2,1-3H3/t11-/m0/s1. The molecular weight excluding hydrogens is 301 g/mol. The Labute approximate surface area is 121 Å². The third kappa shape index (κ3) is 3.87. The molecule has 9 heteroatoms. The first-order chi connectivity index (χ1) is 9.89. The Morgan fingerprint density at radius 3 is 2.19 bits per heavy atom. The average Bonchev–Trinajstić information content (AvgIpc) is 2.48. The first-order valence-electron chi connectivity index (χ1n) is 6.01. The van der Waals surface area contributed by atoms with Crippen LogP contribution in [0.2, 0.25) is 0 Å². The minimum Gasteiger partial charge on any atom is -0.465 e. The van der Waals surface area contributed by atoms with Crippen molar-refractivity contribution >= 4 is 19.3 Å². The fourth-order valence-electron chi connectivity index (χ4n) is 1.73. The smallest absolute Gasteiger partial charge is 0.348 e. The lowest BCUT2D eigenvalue weighted by atomic mass is 10.1. The summed E-state index contributed by atoms with van der Waals surface area (Å²) in [6.45, 7) is 1.70. The van der Waals surface area contributed by atoms with E-state index in [1.807, 2.05) is 0 Å². The molecule has 0 spiro atoms. The van der Waals surface area contributed by atoms with Crippen LogP contribution in [0.25, 0.3) is 0 Å². The Hall–Kier alpha value is -1.76. The van der Waals surface area contributed by atoms with Crippen LogP contribution in [0, 0.1) is 10.1 Å². The van der Waals surface area contributed by atoms with Crippen molar-refractivity contribution in [3.63, 3.8) is 0 Å². The van der Waals surface area contributed by atoms with Gasteiger partial charge in [0, 0.05) is 26.4 Å². The highest BCUT2D eigenvalue weighted by molar-refractivity contribution is 7.55. The van der Waals surface area contributed by atoms with Gasteiger partial charge in [0.05, 0.1) is 11.5 Å². The maximum absolute atomic E-state index is 12.5. The van der Waals surface area contributed by atoms with E-state index in [2.05, 4.69) is 0 Å². The van der Waals surface area contributed by atoms with Gasteiger partial charge in [-0.05, 0) is 12.5 Å².